The first-order valence-electron chi connectivity index (χ1n) is 10.9. The van der Waals surface area contributed by atoms with Crippen molar-refractivity contribution < 1.29 is 18.7 Å². The molecule has 1 aromatic heterocycles. The first-order valence-corrected chi connectivity index (χ1v) is 11.9. The quantitative estimate of drug-likeness (QED) is 0.397. The molecule has 1 amide bonds. The molecule has 7 nitrogen and oxygen atoms in total. The molecular formula is C20H31F2N5O2S. The average Bonchev–Trinajstić information content (AvgIpc) is 3.39. The van der Waals surface area contributed by atoms with Crippen LogP contribution in [0.15, 0.2) is 12.2 Å². The number of aliphatic hydroxyl groups excluding tert-OH is 1. The minimum absolute atomic E-state index is 0.0223. The Balaban J connectivity index is 1.42. The summed E-state index contributed by atoms with van der Waals surface area (Å²) in [6.45, 7) is 0.597. The lowest BCUT2D eigenvalue weighted by Gasteiger charge is -2.32. The van der Waals surface area contributed by atoms with Crippen LogP contribution in [0.3, 0.4) is 0 Å². The van der Waals surface area contributed by atoms with E-state index in [0.717, 1.165) is 57.2 Å². The Kier molecular flexibility index (Phi) is 8.61. The summed E-state index contributed by atoms with van der Waals surface area (Å²) in [5.41, 5.74) is 0. The first kappa shape index (κ1) is 23.1. The van der Waals surface area contributed by atoms with Crippen LogP contribution >= 0.6 is 11.8 Å². The SMILES string of the molecule is O=C1SCC(/C=C/C(O)C(F)(F)C2CCCCC2)N1CCCCCCc1nnn[nH]1. The van der Waals surface area contributed by atoms with E-state index in [1.165, 1.54) is 17.8 Å². The maximum Gasteiger partial charge on any atom is 0.282 e. The summed E-state index contributed by atoms with van der Waals surface area (Å²) in [5, 5.41) is 23.8. The summed E-state index contributed by atoms with van der Waals surface area (Å²) in [7, 11) is 0. The Morgan fingerprint density at radius 3 is 2.73 bits per heavy atom. The molecule has 1 saturated carbocycles. The van der Waals surface area contributed by atoms with E-state index in [9.17, 15) is 18.7 Å². The summed E-state index contributed by atoms with van der Waals surface area (Å²) in [6.07, 6.45) is 9.11. The van der Waals surface area contributed by atoms with E-state index in [1.54, 1.807) is 11.0 Å². The van der Waals surface area contributed by atoms with Crippen molar-refractivity contribution >= 4 is 17.0 Å². The monoisotopic (exact) mass is 443 g/mol. The number of aromatic amines is 1. The van der Waals surface area contributed by atoms with Gasteiger partial charge in [0, 0.05) is 24.6 Å². The van der Waals surface area contributed by atoms with Crippen LogP contribution in [0, 0.1) is 5.92 Å². The predicted molar refractivity (Wildman–Crippen MR) is 111 cm³/mol. The number of hydrogen-bond donors (Lipinski definition) is 2. The third-order valence-corrected chi connectivity index (χ3v) is 7.01. The zero-order valence-corrected chi connectivity index (χ0v) is 18.0. The minimum atomic E-state index is -3.11. The zero-order valence-electron chi connectivity index (χ0n) is 17.2. The molecule has 2 fully saturated rings. The van der Waals surface area contributed by atoms with Crippen molar-refractivity contribution in [3.05, 3.63) is 18.0 Å². The number of nitrogens with one attached hydrogen (secondary N) is 1. The number of tetrazole rings is 1. The van der Waals surface area contributed by atoms with Crippen molar-refractivity contribution in [2.24, 2.45) is 5.92 Å². The van der Waals surface area contributed by atoms with Crippen molar-refractivity contribution in [1.82, 2.24) is 25.5 Å². The van der Waals surface area contributed by atoms with Gasteiger partial charge in [0.05, 0.1) is 6.04 Å². The van der Waals surface area contributed by atoms with E-state index in [0.29, 0.717) is 25.1 Å². The molecule has 0 spiro atoms. The van der Waals surface area contributed by atoms with Gasteiger partial charge in [0.1, 0.15) is 11.9 Å². The van der Waals surface area contributed by atoms with Gasteiger partial charge in [0.2, 0.25) is 0 Å². The lowest BCUT2D eigenvalue weighted by Crippen LogP contribution is -2.41. The summed E-state index contributed by atoms with van der Waals surface area (Å²) in [5.74, 6) is -2.56. The Bertz CT molecular complexity index is 683. The number of amides is 1. The number of aromatic nitrogens is 4. The van der Waals surface area contributed by atoms with Crippen LogP contribution < -0.4 is 0 Å². The molecule has 30 heavy (non-hydrogen) atoms. The standard InChI is InChI=1S/C20H31F2N5O2S/c21-20(22,15-8-4-3-5-9-15)17(28)12-11-16-14-30-19(29)27(16)13-7-2-1-6-10-18-23-25-26-24-18/h11-12,15-17,28H,1-10,13-14H2,(H,23,24,25,26)/b12-11+. The van der Waals surface area contributed by atoms with Crippen molar-refractivity contribution in [2.45, 2.75) is 82.3 Å². The highest BCUT2D eigenvalue weighted by Crippen LogP contribution is 2.39. The maximum absolute atomic E-state index is 14.6. The molecule has 0 bridgehead atoms. The number of aliphatic hydroxyl groups is 1. The van der Waals surface area contributed by atoms with Gasteiger partial charge in [-0.05, 0) is 36.1 Å². The number of thioether (sulfide) groups is 1. The molecule has 3 rings (SSSR count). The lowest BCUT2D eigenvalue weighted by atomic mass is 9.82. The second-order valence-corrected chi connectivity index (χ2v) is 9.16. The van der Waals surface area contributed by atoms with Gasteiger partial charge in [-0.2, -0.15) is 0 Å². The van der Waals surface area contributed by atoms with E-state index in [4.69, 9.17) is 0 Å². The zero-order chi connectivity index (χ0) is 21.4. The summed E-state index contributed by atoms with van der Waals surface area (Å²) in [6, 6.07) is -0.237. The number of hydrogen-bond acceptors (Lipinski definition) is 6. The highest BCUT2D eigenvalue weighted by Gasteiger charge is 2.45. The number of rotatable bonds is 11. The molecule has 1 aliphatic heterocycles. The van der Waals surface area contributed by atoms with Crippen LogP contribution in [0.1, 0.15) is 63.6 Å². The average molecular weight is 444 g/mol. The van der Waals surface area contributed by atoms with Crippen LogP contribution in [-0.4, -0.2) is 66.2 Å². The number of nitrogens with zero attached hydrogens (tertiary/aromatic N) is 4. The molecule has 2 heterocycles. The normalized spacial score (nSPS) is 22.3. The molecule has 0 radical (unpaired) electrons. The third kappa shape index (κ3) is 6.23. The van der Waals surface area contributed by atoms with E-state index in [2.05, 4.69) is 20.6 Å². The fourth-order valence-corrected chi connectivity index (χ4v) is 5.18. The van der Waals surface area contributed by atoms with Crippen LogP contribution in [0.4, 0.5) is 13.6 Å². The highest BCUT2D eigenvalue weighted by molar-refractivity contribution is 8.13. The Morgan fingerprint density at radius 1 is 1.23 bits per heavy atom. The molecule has 2 N–H and O–H groups in total. The van der Waals surface area contributed by atoms with Gasteiger partial charge in [0.15, 0.2) is 0 Å². The summed E-state index contributed by atoms with van der Waals surface area (Å²) >= 11 is 1.21. The molecule has 1 aromatic rings. The van der Waals surface area contributed by atoms with Gasteiger partial charge in [-0.1, -0.05) is 56.0 Å². The summed E-state index contributed by atoms with van der Waals surface area (Å²) in [4.78, 5) is 13.9. The number of aryl methyl sites for hydroxylation is 1. The van der Waals surface area contributed by atoms with E-state index >= 15 is 0 Å². The van der Waals surface area contributed by atoms with Crippen molar-refractivity contribution in [3.8, 4) is 0 Å². The molecule has 2 aliphatic rings. The molecule has 2 unspecified atom stereocenters. The van der Waals surface area contributed by atoms with Crippen molar-refractivity contribution in [1.29, 1.82) is 0 Å². The van der Waals surface area contributed by atoms with Gasteiger partial charge in [-0.15, -0.1) is 5.10 Å². The highest BCUT2D eigenvalue weighted by atomic mass is 32.2. The molecule has 1 saturated heterocycles. The van der Waals surface area contributed by atoms with Gasteiger partial charge in [-0.25, -0.2) is 13.9 Å². The molecular weight excluding hydrogens is 412 g/mol. The Labute approximate surface area is 180 Å². The molecule has 10 heteroatoms. The second kappa shape index (κ2) is 11.2. The topological polar surface area (TPSA) is 95.0 Å². The van der Waals surface area contributed by atoms with Crippen molar-refractivity contribution in [3.63, 3.8) is 0 Å². The van der Waals surface area contributed by atoms with E-state index in [-0.39, 0.29) is 11.3 Å². The van der Waals surface area contributed by atoms with Crippen LogP contribution in [0.25, 0.3) is 0 Å². The predicted octanol–water partition coefficient (Wildman–Crippen LogP) is 3.97. The molecule has 0 aromatic carbocycles. The second-order valence-electron chi connectivity index (χ2n) is 8.19. The number of halogens is 2. The minimum Gasteiger partial charge on any atom is -0.383 e. The van der Waals surface area contributed by atoms with Crippen LogP contribution in [0.5, 0.6) is 0 Å². The fourth-order valence-electron chi connectivity index (χ4n) is 4.19. The Hall–Kier alpha value is -1.55. The summed E-state index contributed by atoms with van der Waals surface area (Å²) < 4.78 is 29.1. The first-order chi connectivity index (χ1) is 14.5. The number of unbranched alkanes of at least 4 members (excludes halogenated alkanes) is 3. The molecule has 168 valence electrons. The number of carbonyl (C=O) groups excluding carboxylic acids is 1. The van der Waals surface area contributed by atoms with Gasteiger partial charge in [0.25, 0.3) is 11.2 Å². The number of carbonyl (C=O) groups is 1. The van der Waals surface area contributed by atoms with E-state index < -0.39 is 17.9 Å². The van der Waals surface area contributed by atoms with E-state index in [1.807, 2.05) is 0 Å². The fraction of sp³-hybridized carbons (Fsp3) is 0.800. The third-order valence-electron chi connectivity index (χ3n) is 6.02. The van der Waals surface area contributed by atoms with Gasteiger partial charge in [-0.3, -0.25) is 4.79 Å². The lowest BCUT2D eigenvalue weighted by molar-refractivity contribution is -0.137. The smallest absolute Gasteiger partial charge is 0.282 e. The number of alkyl halides is 2. The van der Waals surface area contributed by atoms with Crippen molar-refractivity contribution in [2.75, 3.05) is 12.3 Å². The van der Waals surface area contributed by atoms with Gasteiger partial charge >= 0.3 is 0 Å². The largest absolute Gasteiger partial charge is 0.383 e. The van der Waals surface area contributed by atoms with Crippen LogP contribution in [-0.2, 0) is 6.42 Å². The van der Waals surface area contributed by atoms with Crippen LogP contribution in [0.2, 0.25) is 0 Å². The molecule has 1 aliphatic carbocycles. The number of H-pyrrole nitrogens is 1. The Morgan fingerprint density at radius 2 is 2.00 bits per heavy atom. The van der Waals surface area contributed by atoms with Gasteiger partial charge < -0.3 is 10.0 Å². The maximum atomic E-state index is 14.6. The molecule has 2 atom stereocenters.